The van der Waals surface area contributed by atoms with E-state index in [-0.39, 0.29) is 6.61 Å². The van der Waals surface area contributed by atoms with Gasteiger partial charge in [-0.1, -0.05) is 6.07 Å². The Balaban J connectivity index is 1.97. The molecule has 20 heavy (non-hydrogen) atoms. The molecule has 0 atom stereocenters. The average Bonchev–Trinajstić information content (AvgIpc) is 2.84. The van der Waals surface area contributed by atoms with Gasteiger partial charge in [-0.25, -0.2) is 4.79 Å². The summed E-state index contributed by atoms with van der Waals surface area (Å²) in [6.07, 6.45) is 2.31. The molecule has 2 N–H and O–H groups in total. The minimum Gasteiger partial charge on any atom is -0.495 e. The molecule has 0 aliphatic rings. The first-order valence-corrected chi connectivity index (χ1v) is 6.20. The summed E-state index contributed by atoms with van der Waals surface area (Å²) in [6, 6.07) is 6.90. The largest absolute Gasteiger partial charge is 0.495 e. The number of rotatable bonds is 5. The van der Waals surface area contributed by atoms with Crippen molar-refractivity contribution in [3.05, 3.63) is 41.7 Å². The Labute approximate surface area is 117 Å². The lowest BCUT2D eigenvalue weighted by molar-refractivity contribution is 0.0508. The number of hydrogen-bond acceptors (Lipinski definition) is 5. The van der Waals surface area contributed by atoms with Crippen LogP contribution in [0, 0.1) is 0 Å². The van der Waals surface area contributed by atoms with Gasteiger partial charge in [0.25, 0.3) is 0 Å². The minimum absolute atomic E-state index is 0.273. The fraction of sp³-hybridized carbons (Fsp3) is 0.286. The van der Waals surface area contributed by atoms with Crippen LogP contribution >= 0.6 is 0 Å². The predicted molar refractivity (Wildman–Crippen MR) is 74.6 cm³/mol. The molecule has 0 saturated heterocycles. The number of carbonyl (C=O) groups excluding carboxylic acids is 1. The first kappa shape index (κ1) is 13.9. The molecule has 0 amide bonds. The number of aromatic nitrogens is 2. The zero-order valence-corrected chi connectivity index (χ0v) is 11.5. The van der Waals surface area contributed by atoms with Crippen molar-refractivity contribution < 1.29 is 14.3 Å². The number of nitrogens with two attached hydrogens (primary N) is 1. The van der Waals surface area contributed by atoms with Crippen LogP contribution in [0.2, 0.25) is 0 Å². The van der Waals surface area contributed by atoms with Gasteiger partial charge in [0.2, 0.25) is 0 Å². The molecule has 2 rings (SSSR count). The van der Waals surface area contributed by atoms with E-state index in [9.17, 15) is 4.79 Å². The van der Waals surface area contributed by atoms with Gasteiger partial charge in [0.15, 0.2) is 0 Å². The zero-order chi connectivity index (χ0) is 14.5. The molecule has 0 bridgehead atoms. The van der Waals surface area contributed by atoms with E-state index in [2.05, 4.69) is 5.10 Å². The minimum atomic E-state index is -0.455. The maximum Gasteiger partial charge on any atom is 0.340 e. The maximum absolute atomic E-state index is 12.0. The quantitative estimate of drug-likeness (QED) is 0.659. The molecule has 0 aliphatic heterocycles. The molecule has 1 heterocycles. The number of anilines is 1. The molecule has 1 aromatic carbocycles. The second kappa shape index (κ2) is 6.10. The van der Waals surface area contributed by atoms with Gasteiger partial charge in [0, 0.05) is 25.4 Å². The number of nitrogen functional groups attached to an aromatic ring is 1. The first-order valence-electron chi connectivity index (χ1n) is 6.20. The molecule has 0 radical (unpaired) electrons. The summed E-state index contributed by atoms with van der Waals surface area (Å²) >= 11 is 0. The van der Waals surface area contributed by atoms with Crippen molar-refractivity contribution in [1.29, 1.82) is 0 Å². The van der Waals surface area contributed by atoms with Crippen molar-refractivity contribution in [3.8, 4) is 5.75 Å². The normalized spacial score (nSPS) is 10.3. The Hall–Kier alpha value is -2.50. The van der Waals surface area contributed by atoms with Gasteiger partial charge in [-0.2, -0.15) is 5.10 Å². The number of aryl methyl sites for hydroxylation is 1. The summed E-state index contributed by atoms with van der Waals surface area (Å²) in [7, 11) is 3.35. The number of esters is 1. The summed E-state index contributed by atoms with van der Waals surface area (Å²) < 4.78 is 12.0. The van der Waals surface area contributed by atoms with Gasteiger partial charge in [-0.05, 0) is 18.2 Å². The van der Waals surface area contributed by atoms with Crippen molar-refractivity contribution in [2.75, 3.05) is 19.5 Å². The molecule has 0 saturated carbocycles. The van der Waals surface area contributed by atoms with Crippen LogP contribution < -0.4 is 10.5 Å². The summed E-state index contributed by atoms with van der Waals surface area (Å²) in [5.74, 6) is 0.00894. The van der Waals surface area contributed by atoms with Crippen molar-refractivity contribution in [2.24, 2.45) is 7.05 Å². The SMILES string of the molecule is COc1cccc(C(=O)OCCc2ccnn2C)c1N. The van der Waals surface area contributed by atoms with E-state index < -0.39 is 5.97 Å². The predicted octanol–water partition coefficient (Wildman–Crippen LogP) is 1.41. The van der Waals surface area contributed by atoms with Gasteiger partial charge in [0.1, 0.15) is 5.75 Å². The Kier molecular flexibility index (Phi) is 4.24. The maximum atomic E-state index is 12.0. The Morgan fingerprint density at radius 1 is 1.40 bits per heavy atom. The number of para-hydroxylation sites is 1. The monoisotopic (exact) mass is 275 g/mol. The third-order valence-corrected chi connectivity index (χ3v) is 3.02. The standard InChI is InChI=1S/C14H17N3O3/c1-17-10(6-8-16-17)7-9-20-14(18)11-4-3-5-12(19-2)13(11)15/h3-6,8H,7,9,15H2,1-2H3. The molecule has 1 aromatic heterocycles. The smallest absolute Gasteiger partial charge is 0.340 e. The van der Waals surface area contributed by atoms with Crippen LogP contribution in [0.25, 0.3) is 0 Å². The highest BCUT2D eigenvalue weighted by Gasteiger charge is 2.14. The van der Waals surface area contributed by atoms with Crippen LogP contribution in [0.5, 0.6) is 5.75 Å². The number of methoxy groups -OCH3 is 1. The molecular formula is C14H17N3O3. The summed E-state index contributed by atoms with van der Waals surface area (Å²) in [5.41, 5.74) is 7.45. The molecule has 6 heteroatoms. The van der Waals surface area contributed by atoms with Crippen molar-refractivity contribution in [2.45, 2.75) is 6.42 Å². The molecule has 106 valence electrons. The second-order valence-electron chi connectivity index (χ2n) is 4.25. The molecule has 0 unspecified atom stereocenters. The van der Waals surface area contributed by atoms with E-state index in [1.54, 1.807) is 29.1 Å². The molecule has 0 fully saturated rings. The third kappa shape index (κ3) is 2.90. The van der Waals surface area contributed by atoms with Crippen LogP contribution in [0.1, 0.15) is 16.1 Å². The Bertz CT molecular complexity index is 607. The third-order valence-electron chi connectivity index (χ3n) is 3.02. The summed E-state index contributed by atoms with van der Waals surface area (Å²) in [5, 5.41) is 4.05. The molecule has 0 aliphatic carbocycles. The van der Waals surface area contributed by atoms with Gasteiger partial charge in [-0.15, -0.1) is 0 Å². The van der Waals surface area contributed by atoms with E-state index in [4.69, 9.17) is 15.2 Å². The van der Waals surface area contributed by atoms with Crippen LogP contribution in [-0.4, -0.2) is 29.5 Å². The van der Waals surface area contributed by atoms with Crippen LogP contribution in [0.15, 0.2) is 30.5 Å². The number of carbonyl (C=O) groups is 1. The molecule has 2 aromatic rings. The molecular weight excluding hydrogens is 258 g/mol. The fourth-order valence-corrected chi connectivity index (χ4v) is 1.87. The average molecular weight is 275 g/mol. The topological polar surface area (TPSA) is 79.4 Å². The zero-order valence-electron chi connectivity index (χ0n) is 11.5. The van der Waals surface area contributed by atoms with Crippen molar-refractivity contribution >= 4 is 11.7 Å². The van der Waals surface area contributed by atoms with E-state index in [0.29, 0.717) is 23.4 Å². The number of ether oxygens (including phenoxy) is 2. The van der Waals surface area contributed by atoms with E-state index >= 15 is 0 Å². The second-order valence-corrected chi connectivity index (χ2v) is 4.25. The van der Waals surface area contributed by atoms with Gasteiger partial charge in [-0.3, -0.25) is 4.68 Å². The van der Waals surface area contributed by atoms with E-state index in [0.717, 1.165) is 5.69 Å². The highest BCUT2D eigenvalue weighted by atomic mass is 16.5. The first-order chi connectivity index (χ1) is 9.63. The van der Waals surface area contributed by atoms with Crippen LogP contribution in [0.3, 0.4) is 0 Å². The van der Waals surface area contributed by atoms with Crippen LogP contribution in [-0.2, 0) is 18.2 Å². The van der Waals surface area contributed by atoms with E-state index in [1.807, 2.05) is 13.1 Å². The highest BCUT2D eigenvalue weighted by Crippen LogP contribution is 2.25. The Morgan fingerprint density at radius 3 is 2.85 bits per heavy atom. The number of nitrogens with zero attached hydrogens (tertiary/aromatic N) is 2. The summed E-state index contributed by atoms with van der Waals surface area (Å²) in [6.45, 7) is 0.273. The summed E-state index contributed by atoms with van der Waals surface area (Å²) in [4.78, 5) is 12.0. The van der Waals surface area contributed by atoms with Gasteiger partial charge < -0.3 is 15.2 Å². The Morgan fingerprint density at radius 2 is 2.20 bits per heavy atom. The lowest BCUT2D eigenvalue weighted by Crippen LogP contribution is -2.12. The van der Waals surface area contributed by atoms with Crippen LogP contribution in [0.4, 0.5) is 5.69 Å². The fourth-order valence-electron chi connectivity index (χ4n) is 1.87. The van der Waals surface area contributed by atoms with E-state index in [1.165, 1.54) is 7.11 Å². The highest BCUT2D eigenvalue weighted by molar-refractivity contribution is 5.96. The number of benzene rings is 1. The van der Waals surface area contributed by atoms with Gasteiger partial charge in [0.05, 0.1) is 25.0 Å². The lowest BCUT2D eigenvalue weighted by Gasteiger charge is -2.10. The van der Waals surface area contributed by atoms with Gasteiger partial charge >= 0.3 is 5.97 Å². The van der Waals surface area contributed by atoms with Crippen molar-refractivity contribution in [3.63, 3.8) is 0 Å². The molecule has 0 spiro atoms. The van der Waals surface area contributed by atoms with Crippen molar-refractivity contribution in [1.82, 2.24) is 9.78 Å². The lowest BCUT2D eigenvalue weighted by atomic mass is 10.1. The number of hydrogen-bond donors (Lipinski definition) is 1. The molecule has 6 nitrogen and oxygen atoms in total.